The minimum absolute atomic E-state index is 0.119. The lowest BCUT2D eigenvalue weighted by atomic mass is 10.2. The van der Waals surface area contributed by atoms with Gasteiger partial charge in [0, 0.05) is 6.20 Å². The van der Waals surface area contributed by atoms with Crippen molar-refractivity contribution >= 4 is 11.2 Å². The van der Waals surface area contributed by atoms with Crippen LogP contribution in [-0.4, -0.2) is 14.5 Å². The molecule has 0 aliphatic rings. The number of rotatable bonds is 2. The van der Waals surface area contributed by atoms with Crippen molar-refractivity contribution in [1.29, 1.82) is 0 Å². The normalized spacial score (nSPS) is 10.9. The minimum atomic E-state index is -0.119. The number of pyridine rings is 1. The second-order valence-corrected chi connectivity index (χ2v) is 4.38. The van der Waals surface area contributed by atoms with Crippen molar-refractivity contribution in [3.05, 3.63) is 64.2 Å². The summed E-state index contributed by atoms with van der Waals surface area (Å²) < 4.78 is 1.71. The van der Waals surface area contributed by atoms with Gasteiger partial charge < -0.3 is 0 Å². The molecule has 4 heteroatoms. The van der Waals surface area contributed by atoms with Gasteiger partial charge in [0.25, 0.3) is 0 Å². The molecule has 0 bridgehead atoms. The molecule has 3 aromatic rings. The zero-order valence-corrected chi connectivity index (χ0v) is 10.1. The van der Waals surface area contributed by atoms with E-state index in [0.29, 0.717) is 12.2 Å². The third kappa shape index (κ3) is 1.82. The van der Waals surface area contributed by atoms with E-state index in [9.17, 15) is 4.79 Å². The van der Waals surface area contributed by atoms with E-state index in [1.54, 1.807) is 10.8 Å². The molecule has 0 saturated carbocycles. The Kier molecular flexibility index (Phi) is 2.48. The topological polar surface area (TPSA) is 50.7 Å². The van der Waals surface area contributed by atoms with Crippen LogP contribution in [0.1, 0.15) is 11.1 Å². The highest BCUT2D eigenvalue weighted by atomic mass is 16.1. The third-order valence-electron chi connectivity index (χ3n) is 2.95. The molecule has 1 N–H and O–H groups in total. The van der Waals surface area contributed by atoms with Gasteiger partial charge in [-0.25, -0.2) is 9.78 Å². The lowest BCUT2D eigenvalue weighted by Crippen LogP contribution is -2.17. The summed E-state index contributed by atoms with van der Waals surface area (Å²) in [6, 6.07) is 11.9. The van der Waals surface area contributed by atoms with Gasteiger partial charge in [0.05, 0.1) is 12.1 Å². The van der Waals surface area contributed by atoms with Crippen LogP contribution in [0.2, 0.25) is 0 Å². The summed E-state index contributed by atoms with van der Waals surface area (Å²) in [6.07, 6.45) is 1.76. The highest BCUT2D eigenvalue weighted by molar-refractivity contribution is 5.71. The fourth-order valence-electron chi connectivity index (χ4n) is 2.06. The summed E-state index contributed by atoms with van der Waals surface area (Å²) in [7, 11) is 0. The molecule has 2 aromatic heterocycles. The Morgan fingerprint density at radius 3 is 2.83 bits per heavy atom. The second-order valence-electron chi connectivity index (χ2n) is 4.38. The number of aryl methyl sites for hydroxylation is 1. The van der Waals surface area contributed by atoms with Crippen LogP contribution in [0.25, 0.3) is 11.2 Å². The first-order valence-electron chi connectivity index (χ1n) is 5.83. The number of H-pyrrole nitrogens is 1. The van der Waals surface area contributed by atoms with Crippen LogP contribution in [0.15, 0.2) is 47.4 Å². The maximum absolute atomic E-state index is 11.9. The molecule has 1 aromatic carbocycles. The zero-order valence-electron chi connectivity index (χ0n) is 10.1. The molecule has 2 heterocycles. The monoisotopic (exact) mass is 239 g/mol. The Bertz CT molecular complexity index is 741. The highest BCUT2D eigenvalue weighted by Crippen LogP contribution is 2.11. The molecule has 0 amide bonds. The standard InChI is InChI=1S/C14H13N3O/c1-10-7-12-13(15-8-10)16-14(18)17(12)9-11-5-3-2-4-6-11/h2-8H,9H2,1H3,(H,15,16,18). The average Bonchev–Trinajstić information content (AvgIpc) is 2.67. The van der Waals surface area contributed by atoms with Crippen molar-refractivity contribution in [2.45, 2.75) is 13.5 Å². The summed E-state index contributed by atoms with van der Waals surface area (Å²) in [5.74, 6) is 0. The van der Waals surface area contributed by atoms with Gasteiger partial charge in [-0.1, -0.05) is 30.3 Å². The second kappa shape index (κ2) is 4.14. The van der Waals surface area contributed by atoms with Crippen LogP contribution in [0.4, 0.5) is 0 Å². The highest BCUT2D eigenvalue weighted by Gasteiger charge is 2.07. The van der Waals surface area contributed by atoms with Gasteiger partial charge in [-0.3, -0.25) is 9.55 Å². The van der Waals surface area contributed by atoms with E-state index < -0.39 is 0 Å². The lowest BCUT2D eigenvalue weighted by Gasteiger charge is -2.03. The van der Waals surface area contributed by atoms with Gasteiger partial charge in [0.2, 0.25) is 0 Å². The molecule has 0 atom stereocenters. The summed E-state index contributed by atoms with van der Waals surface area (Å²) in [6.45, 7) is 2.53. The fraction of sp³-hybridized carbons (Fsp3) is 0.143. The van der Waals surface area contributed by atoms with Crippen molar-refractivity contribution in [1.82, 2.24) is 14.5 Å². The maximum Gasteiger partial charge on any atom is 0.327 e. The minimum Gasteiger partial charge on any atom is -0.290 e. The summed E-state index contributed by atoms with van der Waals surface area (Å²) in [5.41, 5.74) is 3.52. The lowest BCUT2D eigenvalue weighted by molar-refractivity contribution is 0.787. The summed E-state index contributed by atoms with van der Waals surface area (Å²) in [4.78, 5) is 18.9. The molecule has 0 unspecified atom stereocenters. The molecule has 0 aliphatic carbocycles. The van der Waals surface area contributed by atoms with Crippen molar-refractivity contribution in [2.75, 3.05) is 0 Å². The molecular formula is C14H13N3O. The number of fused-ring (bicyclic) bond motifs is 1. The van der Waals surface area contributed by atoms with E-state index in [1.165, 1.54) is 0 Å². The van der Waals surface area contributed by atoms with Crippen LogP contribution in [0.5, 0.6) is 0 Å². The van der Waals surface area contributed by atoms with E-state index in [1.807, 2.05) is 43.3 Å². The summed E-state index contributed by atoms with van der Waals surface area (Å²) in [5, 5.41) is 0. The molecule has 0 spiro atoms. The average molecular weight is 239 g/mol. The number of benzene rings is 1. The van der Waals surface area contributed by atoms with E-state index in [4.69, 9.17) is 0 Å². The molecule has 4 nitrogen and oxygen atoms in total. The smallest absolute Gasteiger partial charge is 0.290 e. The van der Waals surface area contributed by atoms with E-state index in [0.717, 1.165) is 16.6 Å². The molecule has 0 fully saturated rings. The number of hydrogen-bond acceptors (Lipinski definition) is 2. The number of nitrogens with one attached hydrogen (secondary N) is 1. The largest absolute Gasteiger partial charge is 0.327 e. The molecule has 0 saturated heterocycles. The van der Waals surface area contributed by atoms with Crippen molar-refractivity contribution < 1.29 is 0 Å². The molecule has 0 radical (unpaired) electrons. The van der Waals surface area contributed by atoms with Crippen LogP contribution in [0, 0.1) is 6.92 Å². The quantitative estimate of drug-likeness (QED) is 0.744. The van der Waals surface area contributed by atoms with E-state index in [-0.39, 0.29) is 5.69 Å². The Balaban J connectivity index is 2.14. The van der Waals surface area contributed by atoms with Gasteiger partial charge in [0.1, 0.15) is 0 Å². The molecular weight excluding hydrogens is 226 g/mol. The Labute approximate surface area is 104 Å². The van der Waals surface area contributed by atoms with Gasteiger partial charge in [-0.15, -0.1) is 0 Å². The Morgan fingerprint density at radius 2 is 2.06 bits per heavy atom. The Morgan fingerprint density at radius 1 is 1.28 bits per heavy atom. The molecule has 90 valence electrons. The number of imidazole rings is 1. The van der Waals surface area contributed by atoms with Crippen molar-refractivity contribution in [3.8, 4) is 0 Å². The van der Waals surface area contributed by atoms with E-state index >= 15 is 0 Å². The van der Waals surface area contributed by atoms with Gasteiger partial charge in [-0.2, -0.15) is 0 Å². The van der Waals surface area contributed by atoms with Crippen LogP contribution in [0.3, 0.4) is 0 Å². The number of nitrogens with zero attached hydrogens (tertiary/aromatic N) is 2. The first-order chi connectivity index (χ1) is 8.74. The van der Waals surface area contributed by atoms with Crippen LogP contribution < -0.4 is 5.69 Å². The van der Waals surface area contributed by atoms with Crippen LogP contribution >= 0.6 is 0 Å². The van der Waals surface area contributed by atoms with Crippen LogP contribution in [-0.2, 0) is 6.54 Å². The zero-order chi connectivity index (χ0) is 12.5. The number of hydrogen-bond donors (Lipinski definition) is 1. The predicted molar refractivity (Wildman–Crippen MR) is 70.6 cm³/mol. The summed E-state index contributed by atoms with van der Waals surface area (Å²) >= 11 is 0. The maximum atomic E-state index is 11.9. The van der Waals surface area contributed by atoms with Gasteiger partial charge >= 0.3 is 5.69 Å². The third-order valence-corrected chi connectivity index (χ3v) is 2.95. The molecule has 18 heavy (non-hydrogen) atoms. The molecule has 3 rings (SSSR count). The first kappa shape index (κ1) is 10.8. The fourth-order valence-corrected chi connectivity index (χ4v) is 2.06. The molecule has 0 aliphatic heterocycles. The van der Waals surface area contributed by atoms with E-state index in [2.05, 4.69) is 9.97 Å². The SMILES string of the molecule is Cc1cnc2[nH]c(=O)n(Cc3ccccc3)c2c1. The number of aromatic amines is 1. The van der Waals surface area contributed by atoms with Gasteiger partial charge in [-0.05, 0) is 24.1 Å². The van der Waals surface area contributed by atoms with Gasteiger partial charge in [0.15, 0.2) is 5.65 Å². The Hall–Kier alpha value is -2.36. The van der Waals surface area contributed by atoms with Crippen molar-refractivity contribution in [2.24, 2.45) is 0 Å². The first-order valence-corrected chi connectivity index (χ1v) is 5.83. The number of aromatic nitrogens is 3. The predicted octanol–water partition coefficient (Wildman–Crippen LogP) is 2.08. The van der Waals surface area contributed by atoms with Crippen molar-refractivity contribution in [3.63, 3.8) is 0 Å².